The molecule has 0 unspecified atom stereocenters. The fraction of sp³-hybridized carbons (Fsp3) is 0.800. The molecule has 0 bridgehead atoms. The number of aryl methyl sites for hydroxylation is 1. The van der Waals surface area contributed by atoms with E-state index in [4.69, 9.17) is 5.10 Å². The zero-order valence-corrected chi connectivity index (χ0v) is 12.4. The topological polar surface area (TPSA) is 17.8 Å². The van der Waals surface area contributed by atoms with Crippen LogP contribution in [0, 0.1) is 6.92 Å². The summed E-state index contributed by atoms with van der Waals surface area (Å²) in [6.45, 7) is 16.0. The van der Waals surface area contributed by atoms with Gasteiger partial charge in [-0.1, -0.05) is 41.5 Å². The summed E-state index contributed by atoms with van der Waals surface area (Å²) in [4.78, 5) is 0. The van der Waals surface area contributed by atoms with Crippen molar-refractivity contribution in [1.82, 2.24) is 9.78 Å². The number of hydrogen-bond acceptors (Lipinski definition) is 1. The lowest BCUT2D eigenvalue weighted by Crippen LogP contribution is -2.24. The van der Waals surface area contributed by atoms with Gasteiger partial charge in [0.05, 0.1) is 11.7 Å². The molecule has 0 amide bonds. The molecule has 1 heterocycles. The number of aromatic nitrogens is 2. The zero-order valence-electron chi connectivity index (χ0n) is 12.4. The Kier molecular flexibility index (Phi) is 2.68. The molecule has 0 N–H and O–H groups in total. The Morgan fingerprint density at radius 2 is 1.53 bits per heavy atom. The highest BCUT2D eigenvalue weighted by atomic mass is 15.3. The molecule has 0 spiro atoms. The van der Waals surface area contributed by atoms with E-state index in [0.29, 0.717) is 6.04 Å². The highest BCUT2D eigenvalue weighted by Crippen LogP contribution is 2.43. The molecule has 0 atom stereocenters. The van der Waals surface area contributed by atoms with Crippen LogP contribution in [0.1, 0.15) is 77.4 Å². The van der Waals surface area contributed by atoms with Crippen LogP contribution in [-0.4, -0.2) is 9.78 Å². The Morgan fingerprint density at radius 1 is 1.00 bits per heavy atom. The van der Waals surface area contributed by atoms with Gasteiger partial charge in [0.25, 0.3) is 0 Å². The Bertz CT molecular complexity index is 423. The van der Waals surface area contributed by atoms with E-state index in [2.05, 4.69) is 53.1 Å². The molecule has 0 aliphatic heterocycles. The van der Waals surface area contributed by atoms with Crippen molar-refractivity contribution in [2.24, 2.45) is 0 Å². The lowest BCUT2D eigenvalue weighted by molar-refractivity contribution is 0.469. The fourth-order valence-electron chi connectivity index (χ4n) is 2.75. The van der Waals surface area contributed by atoms with E-state index < -0.39 is 0 Å². The summed E-state index contributed by atoms with van der Waals surface area (Å²) in [5, 5.41) is 4.82. The molecule has 2 rings (SSSR count). The Labute approximate surface area is 105 Å². The summed E-state index contributed by atoms with van der Waals surface area (Å²) in [7, 11) is 0. The molecular formula is C15H26N2. The summed E-state index contributed by atoms with van der Waals surface area (Å²) in [5.74, 6) is 0. The second-order valence-electron chi connectivity index (χ2n) is 7.48. The average molecular weight is 234 g/mol. The minimum absolute atomic E-state index is 0.173. The maximum Gasteiger partial charge on any atom is 0.0634 e. The third-order valence-electron chi connectivity index (χ3n) is 3.44. The van der Waals surface area contributed by atoms with Gasteiger partial charge in [0.15, 0.2) is 0 Å². The van der Waals surface area contributed by atoms with Gasteiger partial charge in [-0.05, 0) is 25.2 Å². The maximum absolute atomic E-state index is 4.82. The molecule has 1 aromatic rings. The quantitative estimate of drug-likeness (QED) is 0.714. The largest absolute Gasteiger partial charge is 0.265 e. The SMILES string of the molecule is Cc1nn(C2CC2)c(C(C)(C)C)c1C(C)(C)C. The summed E-state index contributed by atoms with van der Waals surface area (Å²) in [5.41, 5.74) is 4.47. The van der Waals surface area contributed by atoms with E-state index in [9.17, 15) is 0 Å². The molecule has 1 saturated carbocycles. The molecule has 0 saturated heterocycles. The first-order valence-corrected chi connectivity index (χ1v) is 6.72. The van der Waals surface area contributed by atoms with E-state index >= 15 is 0 Å². The van der Waals surface area contributed by atoms with E-state index in [1.54, 1.807) is 0 Å². The van der Waals surface area contributed by atoms with Crippen LogP contribution >= 0.6 is 0 Å². The highest BCUT2D eigenvalue weighted by Gasteiger charge is 2.36. The van der Waals surface area contributed by atoms with Gasteiger partial charge in [-0.25, -0.2) is 0 Å². The normalized spacial score (nSPS) is 17.6. The molecular weight excluding hydrogens is 208 g/mol. The van der Waals surface area contributed by atoms with Crippen LogP contribution in [-0.2, 0) is 10.8 Å². The van der Waals surface area contributed by atoms with Crippen molar-refractivity contribution in [2.75, 3.05) is 0 Å². The van der Waals surface area contributed by atoms with Crippen molar-refractivity contribution in [3.63, 3.8) is 0 Å². The summed E-state index contributed by atoms with van der Waals surface area (Å²) in [6, 6.07) is 0.666. The van der Waals surface area contributed by atoms with E-state index in [1.165, 1.54) is 29.8 Å². The standard InChI is InChI=1S/C15H26N2/c1-10-12(14(2,3)4)13(15(5,6)7)17(16-10)11-8-9-11/h11H,8-9H2,1-7H3. The van der Waals surface area contributed by atoms with Crippen molar-refractivity contribution in [3.05, 3.63) is 17.0 Å². The minimum Gasteiger partial charge on any atom is -0.265 e. The minimum atomic E-state index is 0.173. The number of nitrogens with zero attached hydrogens (tertiary/aromatic N) is 2. The van der Waals surface area contributed by atoms with Crippen LogP contribution < -0.4 is 0 Å². The van der Waals surface area contributed by atoms with Gasteiger partial charge in [-0.2, -0.15) is 5.10 Å². The average Bonchev–Trinajstić information content (AvgIpc) is 2.85. The molecule has 1 fully saturated rings. The molecule has 2 nitrogen and oxygen atoms in total. The molecule has 2 heteroatoms. The van der Waals surface area contributed by atoms with Gasteiger partial charge >= 0.3 is 0 Å². The van der Waals surface area contributed by atoms with Crippen LogP contribution in [0.5, 0.6) is 0 Å². The van der Waals surface area contributed by atoms with Crippen LogP contribution in [0.3, 0.4) is 0 Å². The molecule has 1 aromatic heterocycles. The monoisotopic (exact) mass is 234 g/mol. The Balaban J connectivity index is 2.65. The molecule has 96 valence electrons. The molecule has 0 aromatic carbocycles. The molecule has 1 aliphatic carbocycles. The first-order valence-electron chi connectivity index (χ1n) is 6.72. The van der Waals surface area contributed by atoms with E-state index in [-0.39, 0.29) is 10.8 Å². The predicted octanol–water partition coefficient (Wildman–Crippen LogP) is 4.12. The van der Waals surface area contributed by atoms with Crippen LogP contribution in [0.2, 0.25) is 0 Å². The fourth-order valence-corrected chi connectivity index (χ4v) is 2.75. The number of rotatable bonds is 1. The first kappa shape index (κ1) is 12.7. The number of hydrogen-bond donors (Lipinski definition) is 0. The lowest BCUT2D eigenvalue weighted by atomic mass is 9.78. The van der Waals surface area contributed by atoms with Crippen molar-refractivity contribution < 1.29 is 0 Å². The van der Waals surface area contributed by atoms with Crippen LogP contribution in [0.15, 0.2) is 0 Å². The van der Waals surface area contributed by atoms with Gasteiger partial charge < -0.3 is 0 Å². The first-order chi connectivity index (χ1) is 7.62. The van der Waals surface area contributed by atoms with Crippen LogP contribution in [0.25, 0.3) is 0 Å². The van der Waals surface area contributed by atoms with Gasteiger partial charge in [-0.15, -0.1) is 0 Å². The van der Waals surface area contributed by atoms with Gasteiger partial charge in [0.2, 0.25) is 0 Å². The van der Waals surface area contributed by atoms with Gasteiger partial charge in [0.1, 0.15) is 0 Å². The van der Waals surface area contributed by atoms with Gasteiger partial charge in [-0.3, -0.25) is 4.68 Å². The van der Waals surface area contributed by atoms with Crippen molar-refractivity contribution in [2.45, 2.75) is 78.2 Å². The Hall–Kier alpha value is -0.790. The molecule has 0 radical (unpaired) electrons. The summed E-state index contributed by atoms with van der Waals surface area (Å²) < 4.78 is 2.32. The van der Waals surface area contributed by atoms with Crippen molar-refractivity contribution in [1.29, 1.82) is 0 Å². The third kappa shape index (κ3) is 2.27. The second kappa shape index (κ2) is 3.60. The maximum atomic E-state index is 4.82. The molecule has 17 heavy (non-hydrogen) atoms. The zero-order chi connectivity index (χ0) is 13.0. The lowest BCUT2D eigenvalue weighted by Gasteiger charge is -2.28. The smallest absolute Gasteiger partial charge is 0.0634 e. The van der Waals surface area contributed by atoms with Crippen molar-refractivity contribution in [3.8, 4) is 0 Å². The summed E-state index contributed by atoms with van der Waals surface area (Å²) in [6.07, 6.45) is 2.60. The van der Waals surface area contributed by atoms with E-state index in [1.807, 2.05) is 0 Å². The highest BCUT2D eigenvalue weighted by molar-refractivity contribution is 5.37. The van der Waals surface area contributed by atoms with Crippen LogP contribution in [0.4, 0.5) is 0 Å². The van der Waals surface area contributed by atoms with E-state index in [0.717, 1.165) is 0 Å². The third-order valence-corrected chi connectivity index (χ3v) is 3.44. The predicted molar refractivity (Wildman–Crippen MR) is 72.6 cm³/mol. The van der Waals surface area contributed by atoms with Crippen molar-refractivity contribution >= 4 is 0 Å². The summed E-state index contributed by atoms with van der Waals surface area (Å²) >= 11 is 0. The van der Waals surface area contributed by atoms with Gasteiger partial charge in [0, 0.05) is 16.7 Å². The Morgan fingerprint density at radius 3 is 1.88 bits per heavy atom. The molecule has 1 aliphatic rings. The second-order valence-corrected chi connectivity index (χ2v) is 7.48.